The molecule has 0 atom stereocenters. The standard InChI is InChI=1S/C7H9NO/c1-6(2)7(5-9)3-4-8/h6H,3H2,1-2H3. The number of carbonyl (C=O) groups excluding carboxylic acids is 1. The third-order valence-corrected chi connectivity index (χ3v) is 1.10. The highest BCUT2D eigenvalue weighted by atomic mass is 16.1. The summed E-state index contributed by atoms with van der Waals surface area (Å²) in [4.78, 5) is 10.0. The summed E-state index contributed by atoms with van der Waals surface area (Å²) in [6.07, 6.45) is 0.209. The van der Waals surface area contributed by atoms with Crippen molar-refractivity contribution < 1.29 is 4.79 Å². The van der Waals surface area contributed by atoms with Crippen molar-refractivity contribution in [2.75, 3.05) is 0 Å². The van der Waals surface area contributed by atoms with Gasteiger partial charge in [0.05, 0.1) is 12.5 Å². The van der Waals surface area contributed by atoms with Crippen LogP contribution in [-0.4, -0.2) is 5.94 Å². The molecule has 0 heterocycles. The predicted molar refractivity (Wildman–Crippen MR) is 34.3 cm³/mol. The Morgan fingerprint density at radius 2 is 2.22 bits per heavy atom. The van der Waals surface area contributed by atoms with Crippen LogP contribution in [0.1, 0.15) is 20.3 Å². The molecule has 0 aliphatic rings. The average molecular weight is 123 g/mol. The number of rotatable bonds is 2. The monoisotopic (exact) mass is 123 g/mol. The number of nitrogens with zero attached hydrogens (tertiary/aromatic N) is 1. The fourth-order valence-electron chi connectivity index (χ4n) is 0.443. The van der Waals surface area contributed by atoms with Crippen LogP contribution in [0, 0.1) is 17.2 Å². The highest BCUT2D eigenvalue weighted by Crippen LogP contribution is 2.07. The zero-order valence-corrected chi connectivity index (χ0v) is 5.64. The van der Waals surface area contributed by atoms with E-state index >= 15 is 0 Å². The molecule has 0 aliphatic carbocycles. The number of hydrogen-bond acceptors (Lipinski definition) is 2. The lowest BCUT2D eigenvalue weighted by atomic mass is 10.0. The third-order valence-electron chi connectivity index (χ3n) is 1.10. The molecular weight excluding hydrogens is 114 g/mol. The zero-order valence-electron chi connectivity index (χ0n) is 5.64. The third kappa shape index (κ3) is 2.69. The summed E-state index contributed by atoms with van der Waals surface area (Å²) < 4.78 is 0. The SMILES string of the molecule is CC(C)C(=C=O)CC#N. The fourth-order valence-corrected chi connectivity index (χ4v) is 0.443. The molecule has 2 heteroatoms. The van der Waals surface area contributed by atoms with Crippen molar-refractivity contribution in [1.82, 2.24) is 0 Å². The van der Waals surface area contributed by atoms with Gasteiger partial charge in [-0.1, -0.05) is 13.8 Å². The molecule has 2 nitrogen and oxygen atoms in total. The maximum Gasteiger partial charge on any atom is 0.124 e. The molecule has 0 N–H and O–H groups in total. The van der Waals surface area contributed by atoms with Gasteiger partial charge in [-0.15, -0.1) is 0 Å². The smallest absolute Gasteiger partial charge is 0.124 e. The first-order chi connectivity index (χ1) is 4.22. The Kier molecular flexibility index (Phi) is 3.43. The molecular formula is C7H9NO. The largest absolute Gasteiger partial charge is 0.234 e. The number of nitriles is 1. The lowest BCUT2D eigenvalue weighted by Gasteiger charge is -1.98. The van der Waals surface area contributed by atoms with Crippen molar-refractivity contribution >= 4 is 5.94 Å². The van der Waals surface area contributed by atoms with Gasteiger partial charge >= 0.3 is 0 Å². The maximum absolute atomic E-state index is 10.0. The van der Waals surface area contributed by atoms with Crippen LogP contribution in [0.2, 0.25) is 0 Å². The second-order valence-corrected chi connectivity index (χ2v) is 2.12. The minimum atomic E-state index is 0.155. The Balaban J connectivity index is 4.06. The van der Waals surface area contributed by atoms with Crippen molar-refractivity contribution in [3.8, 4) is 6.07 Å². The van der Waals surface area contributed by atoms with E-state index in [1.165, 1.54) is 0 Å². The lowest BCUT2D eigenvalue weighted by Crippen LogP contribution is -1.92. The molecule has 0 amide bonds. The van der Waals surface area contributed by atoms with Crippen LogP contribution in [0.15, 0.2) is 5.57 Å². The van der Waals surface area contributed by atoms with E-state index in [2.05, 4.69) is 0 Å². The fraction of sp³-hybridized carbons (Fsp3) is 0.571. The number of hydrogen-bond donors (Lipinski definition) is 0. The van der Waals surface area contributed by atoms with Crippen LogP contribution in [0.3, 0.4) is 0 Å². The molecule has 0 aromatic rings. The van der Waals surface area contributed by atoms with Crippen molar-refractivity contribution in [3.05, 3.63) is 5.57 Å². The van der Waals surface area contributed by atoms with E-state index in [-0.39, 0.29) is 12.3 Å². The van der Waals surface area contributed by atoms with Crippen LogP contribution in [0.4, 0.5) is 0 Å². The van der Waals surface area contributed by atoms with E-state index in [9.17, 15) is 4.79 Å². The Morgan fingerprint density at radius 1 is 1.67 bits per heavy atom. The van der Waals surface area contributed by atoms with E-state index in [0.717, 1.165) is 0 Å². The van der Waals surface area contributed by atoms with Gasteiger partial charge in [-0.2, -0.15) is 5.26 Å². The van der Waals surface area contributed by atoms with Gasteiger partial charge < -0.3 is 0 Å². The summed E-state index contributed by atoms with van der Waals surface area (Å²) in [7, 11) is 0. The molecule has 0 unspecified atom stereocenters. The second-order valence-electron chi connectivity index (χ2n) is 2.12. The average Bonchev–Trinajstić information content (AvgIpc) is 1.82. The summed E-state index contributed by atoms with van der Waals surface area (Å²) in [6.45, 7) is 3.75. The van der Waals surface area contributed by atoms with Gasteiger partial charge in [0.2, 0.25) is 0 Å². The molecule has 0 fully saturated rings. The Morgan fingerprint density at radius 3 is 2.33 bits per heavy atom. The van der Waals surface area contributed by atoms with E-state index in [4.69, 9.17) is 5.26 Å². The summed E-state index contributed by atoms with van der Waals surface area (Å²) in [5.74, 6) is 1.90. The quantitative estimate of drug-likeness (QED) is 0.519. The minimum absolute atomic E-state index is 0.155. The summed E-state index contributed by atoms with van der Waals surface area (Å²) in [5, 5.41) is 8.17. The van der Waals surface area contributed by atoms with Crippen LogP contribution in [0.25, 0.3) is 0 Å². The molecule has 0 rings (SSSR count). The van der Waals surface area contributed by atoms with Crippen LogP contribution >= 0.6 is 0 Å². The Hall–Kier alpha value is -1.06. The lowest BCUT2D eigenvalue weighted by molar-refractivity contribution is 0.562. The van der Waals surface area contributed by atoms with E-state index in [1.807, 2.05) is 19.9 Å². The van der Waals surface area contributed by atoms with Crippen molar-refractivity contribution in [2.24, 2.45) is 5.92 Å². The van der Waals surface area contributed by atoms with E-state index < -0.39 is 0 Å². The summed E-state index contributed by atoms with van der Waals surface area (Å²) in [6, 6.07) is 1.90. The molecule has 0 radical (unpaired) electrons. The molecule has 0 saturated carbocycles. The molecule has 0 aromatic carbocycles. The minimum Gasteiger partial charge on any atom is -0.234 e. The topological polar surface area (TPSA) is 40.9 Å². The van der Waals surface area contributed by atoms with Gasteiger partial charge in [-0.05, 0) is 5.92 Å². The predicted octanol–water partition coefficient (Wildman–Crippen LogP) is 1.31. The highest BCUT2D eigenvalue weighted by Gasteiger charge is 2.01. The van der Waals surface area contributed by atoms with Gasteiger partial charge in [0.15, 0.2) is 0 Å². The molecule has 48 valence electrons. The first-order valence-corrected chi connectivity index (χ1v) is 2.83. The zero-order chi connectivity index (χ0) is 7.28. The molecule has 0 saturated heterocycles. The van der Waals surface area contributed by atoms with E-state index in [0.29, 0.717) is 5.57 Å². The van der Waals surface area contributed by atoms with Crippen molar-refractivity contribution in [1.29, 1.82) is 5.26 Å². The number of allylic oxidation sites excluding steroid dienone is 1. The van der Waals surface area contributed by atoms with Gasteiger partial charge in [-0.25, -0.2) is 4.79 Å². The molecule has 0 aliphatic heterocycles. The molecule has 0 bridgehead atoms. The Labute approximate surface area is 54.8 Å². The van der Waals surface area contributed by atoms with Gasteiger partial charge in [-0.3, -0.25) is 0 Å². The van der Waals surface area contributed by atoms with Crippen molar-refractivity contribution in [3.63, 3.8) is 0 Å². The summed E-state index contributed by atoms with van der Waals surface area (Å²) in [5.41, 5.74) is 0.553. The molecule has 9 heavy (non-hydrogen) atoms. The van der Waals surface area contributed by atoms with E-state index in [1.54, 1.807) is 5.94 Å². The highest BCUT2D eigenvalue weighted by molar-refractivity contribution is 5.53. The van der Waals surface area contributed by atoms with Gasteiger partial charge in [0.1, 0.15) is 5.94 Å². The van der Waals surface area contributed by atoms with Crippen LogP contribution < -0.4 is 0 Å². The van der Waals surface area contributed by atoms with Gasteiger partial charge in [0.25, 0.3) is 0 Å². The summed E-state index contributed by atoms with van der Waals surface area (Å²) >= 11 is 0. The van der Waals surface area contributed by atoms with Crippen LogP contribution in [-0.2, 0) is 4.79 Å². The normalized spacial score (nSPS) is 8.22. The van der Waals surface area contributed by atoms with Crippen LogP contribution in [0.5, 0.6) is 0 Å². The molecule has 0 aromatic heterocycles. The van der Waals surface area contributed by atoms with Crippen molar-refractivity contribution in [2.45, 2.75) is 20.3 Å². The molecule has 0 spiro atoms. The van der Waals surface area contributed by atoms with Gasteiger partial charge in [0, 0.05) is 5.57 Å². The second kappa shape index (κ2) is 3.88. The first kappa shape index (κ1) is 7.94. The first-order valence-electron chi connectivity index (χ1n) is 2.83. The maximum atomic E-state index is 10.0. The Bertz CT molecular complexity index is 170.